The molecule has 0 saturated carbocycles. The first-order valence-electron chi connectivity index (χ1n) is 12.3. The molecule has 1 amide bonds. The maximum Gasteiger partial charge on any atom is 0.255 e. The highest BCUT2D eigenvalue weighted by Gasteiger charge is 2.19. The maximum absolute atomic E-state index is 12.5. The number of amides is 1. The van der Waals surface area contributed by atoms with Gasteiger partial charge in [-0.2, -0.15) is 15.0 Å². The molecule has 0 aliphatic carbocycles. The lowest BCUT2D eigenvalue weighted by atomic mass is 10.1. The number of carbonyl (C=O) groups excluding carboxylic acids is 1. The molecule has 15 heteroatoms. The molecule has 1 aliphatic rings. The summed E-state index contributed by atoms with van der Waals surface area (Å²) in [4.78, 5) is 30.6. The van der Waals surface area contributed by atoms with E-state index in [9.17, 15) is 9.90 Å². The molecule has 3 aromatic rings. The zero-order valence-electron chi connectivity index (χ0n) is 22.4. The van der Waals surface area contributed by atoms with Gasteiger partial charge in [0.05, 0.1) is 5.69 Å². The molecule has 0 bridgehead atoms. The Hall–Kier alpha value is -3.46. The minimum atomic E-state index is -0.360. The second-order valence-corrected chi connectivity index (χ2v) is 9.13. The van der Waals surface area contributed by atoms with Crippen LogP contribution in [-0.2, 0) is 0 Å². The summed E-state index contributed by atoms with van der Waals surface area (Å²) in [5, 5.41) is 17.0. The summed E-state index contributed by atoms with van der Waals surface area (Å²) in [5.74, 6) is 0.945. The molecule has 40 heavy (non-hydrogen) atoms. The SMILES string of the molecule is Cl.N.N.NCCN(CCN)c1nc(Nc2ccc(NC(=O)c3ccc(Cl)cc3)c(O)c2)nc(N2CCCCC2)n1.[HH].[HH]. The third-order valence-corrected chi connectivity index (χ3v) is 6.19. The zero-order chi connectivity index (χ0) is 26.2. The fraction of sp³-hybridized carbons (Fsp3) is 0.360. The van der Waals surface area contributed by atoms with E-state index >= 15 is 0 Å². The van der Waals surface area contributed by atoms with E-state index < -0.39 is 0 Å². The Bertz CT molecular complexity index is 1220. The first-order valence-corrected chi connectivity index (χ1v) is 12.7. The van der Waals surface area contributed by atoms with Crippen LogP contribution in [-0.4, -0.2) is 65.2 Å². The molecule has 2 aromatic carbocycles. The van der Waals surface area contributed by atoms with E-state index in [0.717, 1.165) is 25.9 Å². The van der Waals surface area contributed by atoms with Gasteiger partial charge in [-0.1, -0.05) is 11.6 Å². The topological polar surface area (TPSA) is 229 Å². The van der Waals surface area contributed by atoms with Crippen LogP contribution < -0.4 is 44.2 Å². The summed E-state index contributed by atoms with van der Waals surface area (Å²) in [6, 6.07) is 11.3. The van der Waals surface area contributed by atoms with Crippen molar-refractivity contribution < 1.29 is 12.8 Å². The Kier molecular flexibility index (Phi) is 14.3. The van der Waals surface area contributed by atoms with Gasteiger partial charge in [-0.05, 0) is 55.7 Å². The third-order valence-electron chi connectivity index (χ3n) is 5.94. The van der Waals surface area contributed by atoms with Crippen molar-refractivity contribution in [2.45, 2.75) is 19.3 Å². The molecule has 1 aromatic heterocycles. The molecule has 224 valence electrons. The first-order chi connectivity index (χ1) is 18.0. The summed E-state index contributed by atoms with van der Waals surface area (Å²) in [6.07, 6.45) is 3.35. The average Bonchev–Trinajstić information content (AvgIpc) is 2.91. The van der Waals surface area contributed by atoms with Crippen LogP contribution in [0.1, 0.15) is 32.5 Å². The smallest absolute Gasteiger partial charge is 0.255 e. The molecule has 1 fully saturated rings. The lowest BCUT2D eigenvalue weighted by Crippen LogP contribution is -2.36. The molecule has 13 N–H and O–H groups in total. The second-order valence-electron chi connectivity index (χ2n) is 8.69. The number of nitrogens with zero attached hydrogens (tertiary/aromatic N) is 5. The number of anilines is 5. The van der Waals surface area contributed by atoms with Crippen molar-refractivity contribution in [2.24, 2.45) is 11.5 Å². The van der Waals surface area contributed by atoms with Gasteiger partial charge in [0, 0.05) is 64.5 Å². The van der Waals surface area contributed by atoms with E-state index in [2.05, 4.69) is 25.5 Å². The van der Waals surface area contributed by atoms with Crippen molar-refractivity contribution in [3.63, 3.8) is 0 Å². The molecule has 1 aliphatic heterocycles. The van der Waals surface area contributed by atoms with Gasteiger partial charge in [-0.3, -0.25) is 4.79 Å². The molecular weight excluding hydrogens is 557 g/mol. The van der Waals surface area contributed by atoms with Crippen LogP contribution in [0.25, 0.3) is 0 Å². The lowest BCUT2D eigenvalue weighted by Gasteiger charge is -2.28. The van der Waals surface area contributed by atoms with Crippen LogP contribution in [0.15, 0.2) is 42.5 Å². The first kappa shape index (κ1) is 34.6. The minimum Gasteiger partial charge on any atom is -0.506 e. The highest BCUT2D eigenvalue weighted by molar-refractivity contribution is 6.30. The molecule has 2 heterocycles. The zero-order valence-corrected chi connectivity index (χ0v) is 23.9. The second kappa shape index (κ2) is 16.6. The average molecular weight is 601 g/mol. The molecule has 4 rings (SSSR count). The normalized spacial score (nSPS) is 12.3. The number of piperidine rings is 1. The van der Waals surface area contributed by atoms with Gasteiger partial charge in [-0.15, -0.1) is 12.4 Å². The number of phenols is 1. The fourth-order valence-corrected chi connectivity index (χ4v) is 4.18. The third kappa shape index (κ3) is 9.05. The van der Waals surface area contributed by atoms with Crippen molar-refractivity contribution in [3.8, 4) is 5.75 Å². The largest absolute Gasteiger partial charge is 0.506 e. The highest BCUT2D eigenvalue weighted by atomic mass is 35.5. The monoisotopic (exact) mass is 599 g/mol. The Morgan fingerprint density at radius 3 is 2.25 bits per heavy atom. The van der Waals surface area contributed by atoms with Crippen LogP contribution >= 0.6 is 24.0 Å². The van der Waals surface area contributed by atoms with E-state index in [-0.39, 0.29) is 44.9 Å². The van der Waals surface area contributed by atoms with Gasteiger partial charge < -0.3 is 49.3 Å². The number of carbonyl (C=O) groups is 1. The summed E-state index contributed by atoms with van der Waals surface area (Å²) in [6.45, 7) is 3.74. The van der Waals surface area contributed by atoms with Crippen molar-refractivity contribution in [1.82, 2.24) is 27.3 Å². The van der Waals surface area contributed by atoms with E-state index in [1.807, 2.05) is 4.90 Å². The number of benzene rings is 2. The maximum atomic E-state index is 12.5. The van der Waals surface area contributed by atoms with Crippen LogP contribution in [0.2, 0.25) is 5.02 Å². The lowest BCUT2D eigenvalue weighted by molar-refractivity contribution is 0.102. The molecule has 0 atom stereocenters. The van der Waals surface area contributed by atoms with E-state index in [4.69, 9.17) is 28.1 Å². The predicted molar refractivity (Wildman–Crippen MR) is 169 cm³/mol. The number of aromatic nitrogens is 3. The quantitative estimate of drug-likeness (QED) is 0.163. The number of nitrogens with two attached hydrogens (primary N) is 2. The number of hydrogen-bond acceptors (Lipinski definition) is 12. The van der Waals surface area contributed by atoms with Crippen LogP contribution in [0.3, 0.4) is 0 Å². The van der Waals surface area contributed by atoms with Gasteiger partial charge in [0.15, 0.2) is 0 Å². The van der Waals surface area contributed by atoms with Gasteiger partial charge in [0.2, 0.25) is 17.8 Å². The summed E-state index contributed by atoms with van der Waals surface area (Å²) in [7, 11) is 0. The number of aromatic hydroxyl groups is 1. The standard InChI is InChI=1S/C25H32ClN9O2.ClH.2H3N.2H2/c26-18-6-4-17(5-7-18)22(37)30-20-9-8-19(16-21(20)36)29-23-31-24(34-12-2-1-3-13-34)33-25(32-23)35(14-10-27)15-11-28;;;;;/h4-9,16,36H,1-3,10-15,27-28H2,(H,30,37)(H,29,31,32,33);1H;2*1H3;2*1H. The van der Waals surface area contributed by atoms with E-state index in [1.165, 1.54) is 12.5 Å². The minimum absolute atomic E-state index is 0. The Morgan fingerprint density at radius 1 is 1.00 bits per heavy atom. The number of halogens is 2. The van der Waals surface area contributed by atoms with Crippen LogP contribution in [0.5, 0.6) is 5.75 Å². The highest BCUT2D eigenvalue weighted by Crippen LogP contribution is 2.29. The fourth-order valence-electron chi connectivity index (χ4n) is 4.05. The molecule has 0 unspecified atom stereocenters. The summed E-state index contributed by atoms with van der Waals surface area (Å²) in [5.41, 5.74) is 12.9. The van der Waals surface area contributed by atoms with Crippen LogP contribution in [0, 0.1) is 0 Å². The summed E-state index contributed by atoms with van der Waals surface area (Å²) < 4.78 is 0. The Labute approximate surface area is 248 Å². The van der Waals surface area contributed by atoms with Crippen molar-refractivity contribution in [2.75, 3.05) is 59.7 Å². The molecular formula is C25H43Cl2N11O2. The number of nitrogens with one attached hydrogen (secondary N) is 2. The van der Waals surface area contributed by atoms with E-state index in [1.54, 1.807) is 36.4 Å². The summed E-state index contributed by atoms with van der Waals surface area (Å²) >= 11 is 5.89. The molecule has 0 spiro atoms. The van der Waals surface area contributed by atoms with Gasteiger partial charge in [0.25, 0.3) is 5.91 Å². The number of hydrogen-bond donors (Lipinski definition) is 7. The van der Waals surface area contributed by atoms with Crippen LogP contribution in [0.4, 0.5) is 29.2 Å². The Balaban J connectivity index is 0. The van der Waals surface area contributed by atoms with Crippen molar-refractivity contribution >= 4 is 59.1 Å². The van der Waals surface area contributed by atoms with Crippen molar-refractivity contribution in [3.05, 3.63) is 53.1 Å². The number of rotatable bonds is 10. The number of phenolic OH excluding ortho intramolecular Hbond substituents is 1. The molecule has 13 nitrogen and oxygen atoms in total. The molecule has 1 saturated heterocycles. The Morgan fingerprint density at radius 2 is 1.65 bits per heavy atom. The predicted octanol–water partition coefficient (Wildman–Crippen LogP) is 4.18. The van der Waals surface area contributed by atoms with Gasteiger partial charge in [-0.25, -0.2) is 0 Å². The van der Waals surface area contributed by atoms with Crippen molar-refractivity contribution in [1.29, 1.82) is 0 Å². The molecule has 0 radical (unpaired) electrons. The van der Waals surface area contributed by atoms with Gasteiger partial charge in [0.1, 0.15) is 5.75 Å². The van der Waals surface area contributed by atoms with E-state index in [0.29, 0.717) is 60.3 Å². The van der Waals surface area contributed by atoms with Gasteiger partial charge >= 0.3 is 0 Å².